The van der Waals surface area contributed by atoms with Crippen LogP contribution >= 0.6 is 54.5 Å². The quantitative estimate of drug-likeness (QED) is 0.0626. The van der Waals surface area contributed by atoms with E-state index in [1.54, 1.807) is 10.7 Å². The van der Waals surface area contributed by atoms with Crippen molar-refractivity contribution in [1.29, 1.82) is 0 Å². The third-order valence-corrected chi connectivity index (χ3v) is 9.24. The minimum atomic E-state index is -3.98. The average molecular weight is 630 g/mol. The standard InChI is InChI=1S/C24H26ClFN5O4PS3/c1-2-35-21-13-20-17(22(28-14-27-20)29-16-6-7-19(26)18(25)12-16)11-15(21)5-3-8-31-24(37)39-23(30-31)38-10-4-9-36(32,33)34/h6-7,11-14H,2-5,8-10H2,1H3,(H,27,28,29)(H2,32,33,34). The molecule has 0 unspecified atom stereocenters. The molecular formula is C24H26ClFN5O4PS3. The van der Waals surface area contributed by atoms with Gasteiger partial charge in [-0.1, -0.05) is 34.7 Å². The molecule has 0 aliphatic rings. The van der Waals surface area contributed by atoms with Crippen LogP contribution in [0.4, 0.5) is 15.9 Å². The van der Waals surface area contributed by atoms with Gasteiger partial charge in [0.05, 0.1) is 23.3 Å². The third kappa shape index (κ3) is 8.43. The molecule has 2 heterocycles. The third-order valence-electron chi connectivity index (χ3n) is 5.52. The molecule has 39 heavy (non-hydrogen) atoms. The van der Waals surface area contributed by atoms with E-state index in [-0.39, 0.29) is 11.2 Å². The van der Waals surface area contributed by atoms with Crippen LogP contribution in [0.1, 0.15) is 25.3 Å². The molecular weight excluding hydrogens is 604 g/mol. The highest BCUT2D eigenvalue weighted by Crippen LogP contribution is 2.36. The van der Waals surface area contributed by atoms with Gasteiger partial charge in [0.25, 0.3) is 0 Å². The van der Waals surface area contributed by atoms with Crippen LogP contribution in [0.5, 0.6) is 5.75 Å². The lowest BCUT2D eigenvalue weighted by Gasteiger charge is -2.14. The van der Waals surface area contributed by atoms with E-state index in [1.807, 2.05) is 19.1 Å². The molecule has 0 radical (unpaired) electrons. The van der Waals surface area contributed by atoms with Gasteiger partial charge in [-0.05, 0) is 68.2 Å². The van der Waals surface area contributed by atoms with Gasteiger partial charge in [-0.2, -0.15) is 5.10 Å². The highest BCUT2D eigenvalue weighted by Gasteiger charge is 2.14. The van der Waals surface area contributed by atoms with Gasteiger partial charge >= 0.3 is 7.60 Å². The zero-order valence-electron chi connectivity index (χ0n) is 20.8. The number of hydrogen-bond donors (Lipinski definition) is 3. The van der Waals surface area contributed by atoms with E-state index in [0.717, 1.165) is 27.5 Å². The van der Waals surface area contributed by atoms with Gasteiger partial charge in [-0.3, -0.25) is 4.57 Å². The Morgan fingerprint density at radius 2 is 2.08 bits per heavy atom. The zero-order valence-corrected chi connectivity index (χ0v) is 24.9. The van der Waals surface area contributed by atoms with Crippen molar-refractivity contribution in [2.24, 2.45) is 0 Å². The lowest BCUT2D eigenvalue weighted by molar-refractivity contribution is 0.336. The minimum Gasteiger partial charge on any atom is -0.494 e. The Kier molecular flexibility index (Phi) is 10.3. The maximum Gasteiger partial charge on any atom is 0.325 e. The Labute approximate surface area is 243 Å². The molecule has 0 atom stereocenters. The van der Waals surface area contributed by atoms with Crippen molar-refractivity contribution < 1.29 is 23.5 Å². The number of nitrogens with one attached hydrogen (secondary N) is 1. The van der Waals surface area contributed by atoms with Crippen molar-refractivity contribution in [3.8, 4) is 5.75 Å². The fourth-order valence-corrected chi connectivity index (χ4v) is 7.12. The van der Waals surface area contributed by atoms with E-state index >= 15 is 0 Å². The molecule has 0 amide bonds. The lowest BCUT2D eigenvalue weighted by Crippen LogP contribution is -2.04. The Morgan fingerprint density at radius 1 is 1.26 bits per heavy atom. The topological polar surface area (TPSA) is 122 Å². The monoisotopic (exact) mass is 629 g/mol. The molecule has 0 saturated heterocycles. The molecule has 3 N–H and O–H groups in total. The number of hydrogen-bond acceptors (Lipinski definition) is 9. The van der Waals surface area contributed by atoms with E-state index in [1.165, 1.54) is 41.6 Å². The Hall–Kier alpha value is -2.12. The second-order valence-corrected chi connectivity index (χ2v) is 13.6. The highest BCUT2D eigenvalue weighted by molar-refractivity contribution is 8.01. The summed E-state index contributed by atoms with van der Waals surface area (Å²) in [6, 6.07) is 8.27. The molecule has 0 saturated carbocycles. The highest BCUT2D eigenvalue weighted by atomic mass is 35.5. The summed E-state index contributed by atoms with van der Waals surface area (Å²) in [6.07, 6.45) is 3.15. The summed E-state index contributed by atoms with van der Waals surface area (Å²) in [5.74, 6) is 1.37. The fraction of sp³-hybridized carbons (Fsp3) is 0.333. The molecule has 2 aromatic carbocycles. The maximum absolute atomic E-state index is 13.6. The molecule has 0 aliphatic carbocycles. The first kappa shape index (κ1) is 29.9. The van der Waals surface area contributed by atoms with E-state index in [0.29, 0.717) is 52.7 Å². The van der Waals surface area contributed by atoms with Crippen molar-refractivity contribution in [2.45, 2.75) is 37.1 Å². The van der Waals surface area contributed by atoms with Crippen molar-refractivity contribution in [3.05, 3.63) is 57.0 Å². The van der Waals surface area contributed by atoms with E-state index in [9.17, 15) is 8.96 Å². The number of aryl methyl sites for hydroxylation is 2. The Bertz CT molecular complexity index is 1560. The minimum absolute atomic E-state index is 0.0148. The summed E-state index contributed by atoms with van der Waals surface area (Å²) in [5.41, 5.74) is 2.29. The van der Waals surface area contributed by atoms with E-state index in [2.05, 4.69) is 20.4 Å². The smallest absolute Gasteiger partial charge is 0.325 e. The van der Waals surface area contributed by atoms with Crippen LogP contribution in [0, 0.1) is 9.77 Å². The Morgan fingerprint density at radius 3 is 2.82 bits per heavy atom. The van der Waals surface area contributed by atoms with Crippen molar-refractivity contribution in [1.82, 2.24) is 19.7 Å². The van der Waals surface area contributed by atoms with E-state index < -0.39 is 13.4 Å². The van der Waals surface area contributed by atoms with Crippen LogP contribution in [0.25, 0.3) is 10.9 Å². The molecule has 208 valence electrons. The summed E-state index contributed by atoms with van der Waals surface area (Å²) < 4.78 is 33.7. The van der Waals surface area contributed by atoms with Crippen molar-refractivity contribution in [2.75, 3.05) is 23.8 Å². The van der Waals surface area contributed by atoms with Crippen LogP contribution in [-0.2, 0) is 17.5 Å². The molecule has 2 aromatic heterocycles. The first-order chi connectivity index (χ1) is 18.6. The normalized spacial score (nSPS) is 11.7. The molecule has 0 bridgehead atoms. The number of halogens is 2. The SMILES string of the molecule is CCOc1cc2ncnc(Nc3ccc(F)c(Cl)c3)c2cc1CCCn1nc(SCCCP(=O)(O)O)sc1=S. The van der Waals surface area contributed by atoms with E-state index in [4.69, 9.17) is 38.3 Å². The molecule has 4 rings (SSSR count). The second-order valence-electron chi connectivity index (χ2n) is 8.44. The van der Waals surface area contributed by atoms with Gasteiger partial charge in [0.15, 0.2) is 8.29 Å². The summed E-state index contributed by atoms with van der Waals surface area (Å²) in [5, 5.41) is 8.56. The van der Waals surface area contributed by atoms with Gasteiger partial charge in [0.1, 0.15) is 23.7 Å². The fourth-order valence-electron chi connectivity index (χ4n) is 3.76. The summed E-state index contributed by atoms with van der Waals surface area (Å²) in [7, 11) is -3.98. The number of ether oxygens (including phenoxy) is 1. The van der Waals surface area contributed by atoms with Gasteiger partial charge in [-0.25, -0.2) is 19.0 Å². The zero-order chi connectivity index (χ0) is 28.0. The molecule has 9 nitrogen and oxygen atoms in total. The number of rotatable bonds is 13. The average Bonchev–Trinajstić information content (AvgIpc) is 3.23. The Balaban J connectivity index is 1.47. The molecule has 4 aromatic rings. The summed E-state index contributed by atoms with van der Waals surface area (Å²) in [6.45, 7) is 3.03. The molecule has 15 heteroatoms. The van der Waals surface area contributed by atoms with Gasteiger partial charge in [-0.15, -0.1) is 0 Å². The largest absolute Gasteiger partial charge is 0.494 e. The molecule has 0 fully saturated rings. The number of anilines is 2. The number of nitrogens with zero attached hydrogens (tertiary/aromatic N) is 4. The number of aromatic nitrogens is 4. The molecule has 0 spiro atoms. The number of thioether (sulfide) groups is 1. The number of fused-ring (bicyclic) bond motifs is 1. The lowest BCUT2D eigenvalue weighted by atomic mass is 10.0. The van der Waals surface area contributed by atoms with Crippen LogP contribution in [0.2, 0.25) is 5.02 Å². The van der Waals surface area contributed by atoms with Crippen LogP contribution < -0.4 is 10.1 Å². The van der Waals surface area contributed by atoms with Crippen molar-refractivity contribution >= 4 is 76.9 Å². The second kappa shape index (κ2) is 13.5. The number of benzene rings is 2. The molecule has 0 aliphatic heterocycles. The van der Waals surface area contributed by atoms with Crippen LogP contribution in [0.3, 0.4) is 0 Å². The summed E-state index contributed by atoms with van der Waals surface area (Å²) in [4.78, 5) is 26.8. The first-order valence-electron chi connectivity index (χ1n) is 12.0. The summed E-state index contributed by atoms with van der Waals surface area (Å²) >= 11 is 14.2. The van der Waals surface area contributed by atoms with Crippen LogP contribution in [0.15, 0.2) is 41.0 Å². The predicted octanol–water partition coefficient (Wildman–Crippen LogP) is 6.84. The maximum atomic E-state index is 13.6. The van der Waals surface area contributed by atoms with Crippen LogP contribution in [-0.4, -0.2) is 48.1 Å². The first-order valence-corrected chi connectivity index (χ1v) is 16.4. The van der Waals surface area contributed by atoms with Crippen molar-refractivity contribution in [3.63, 3.8) is 0 Å². The van der Waals surface area contributed by atoms with Gasteiger partial charge in [0, 0.05) is 29.4 Å². The predicted molar refractivity (Wildman–Crippen MR) is 157 cm³/mol. The van der Waals surface area contributed by atoms with Gasteiger partial charge < -0.3 is 19.8 Å². The van der Waals surface area contributed by atoms with Gasteiger partial charge in [0.2, 0.25) is 0 Å².